The number of rotatable bonds is 8. The van der Waals surface area contributed by atoms with Gasteiger partial charge in [0, 0.05) is 148 Å². The van der Waals surface area contributed by atoms with Crippen LogP contribution in [0.4, 0.5) is 45.5 Å². The average molecular weight is 1030 g/mol. The van der Waals surface area contributed by atoms with Crippen LogP contribution >= 0.6 is 0 Å². The van der Waals surface area contributed by atoms with Gasteiger partial charge in [0.25, 0.3) is 11.1 Å². The van der Waals surface area contributed by atoms with Gasteiger partial charge in [-0.15, -0.1) is 0 Å². The molecule has 4 heterocycles. The summed E-state index contributed by atoms with van der Waals surface area (Å²) in [5, 5.41) is 5.09. The summed E-state index contributed by atoms with van der Waals surface area (Å²) in [6.07, 6.45) is 0. The average Bonchev–Trinajstić information content (AvgIpc) is 2.51. The largest absolute Gasteiger partial charge is 0.457 e. The van der Waals surface area contributed by atoms with Crippen molar-refractivity contribution in [2.45, 2.75) is 0 Å². The van der Waals surface area contributed by atoms with Gasteiger partial charge in [0.2, 0.25) is 0 Å². The van der Waals surface area contributed by atoms with Crippen molar-refractivity contribution in [3.63, 3.8) is 0 Å². The first-order chi connectivity index (χ1) is 37.7. The highest BCUT2D eigenvalue weighted by Gasteiger charge is 2.33. The molecule has 0 atom stereocenters. The van der Waals surface area contributed by atoms with Gasteiger partial charge >= 0.3 is 0 Å². The first-order valence-electron chi connectivity index (χ1n) is 24.5. The van der Waals surface area contributed by atoms with Gasteiger partial charge in [0.05, 0.1) is 32.8 Å². The molecule has 0 saturated heterocycles. The van der Waals surface area contributed by atoms with Crippen LogP contribution in [0, 0.1) is 0 Å². The number of nitrogens with two attached hydrogens (primary N) is 8. The molecule has 18 nitrogen and oxygen atoms in total. The van der Waals surface area contributed by atoms with Crippen molar-refractivity contribution in [3.05, 3.63) is 166 Å². The fraction of sp³-hybridized carbons (Fsp3) is 0. The number of anilines is 8. The molecule has 15 aromatic rings. The molecule has 0 saturated carbocycles. The van der Waals surface area contributed by atoms with E-state index in [1.165, 1.54) is 0 Å². The van der Waals surface area contributed by atoms with Gasteiger partial charge in [-0.3, -0.25) is 18.4 Å². The third-order valence-corrected chi connectivity index (χ3v) is 14.4. The van der Waals surface area contributed by atoms with Gasteiger partial charge in [-0.2, -0.15) is 0 Å². The number of benzene rings is 11. The normalized spacial score (nSPS) is 12.1. The Morgan fingerprint density at radius 2 is 0.577 bits per heavy atom. The number of hydrogen-bond acceptors (Lipinski definition) is 16. The molecule has 0 radical (unpaired) electrons. The summed E-state index contributed by atoms with van der Waals surface area (Å²) < 4.78 is 31.6. The minimum atomic E-state index is -0.392. The van der Waals surface area contributed by atoms with Crippen LogP contribution in [0.15, 0.2) is 155 Å². The van der Waals surface area contributed by atoms with E-state index in [0.29, 0.717) is 133 Å². The van der Waals surface area contributed by atoms with Crippen LogP contribution < -0.4 is 75.9 Å². The lowest BCUT2D eigenvalue weighted by Gasteiger charge is -2.25. The molecule has 0 bridgehead atoms. The van der Waals surface area contributed by atoms with Crippen LogP contribution in [0.1, 0.15) is 0 Å². The van der Waals surface area contributed by atoms with E-state index < -0.39 is 11.1 Å². The number of aromatic nitrogens is 4. The number of ether oxygens (including phenoxy) is 4. The maximum absolute atomic E-state index is 15.6. The zero-order valence-electron chi connectivity index (χ0n) is 40.7. The second kappa shape index (κ2) is 15.6. The topological polar surface area (TPSA) is 314 Å². The van der Waals surface area contributed by atoms with E-state index in [9.17, 15) is 0 Å². The van der Waals surface area contributed by atoms with E-state index in [-0.39, 0.29) is 56.8 Å². The Morgan fingerprint density at radius 3 is 0.872 bits per heavy atom. The first kappa shape index (κ1) is 44.1. The van der Waals surface area contributed by atoms with E-state index in [0.717, 1.165) is 0 Å². The molecule has 0 aliphatic heterocycles. The van der Waals surface area contributed by atoms with Crippen LogP contribution in [0.25, 0.3) is 98.0 Å². The van der Waals surface area contributed by atoms with Gasteiger partial charge in [-0.1, -0.05) is 24.3 Å². The van der Waals surface area contributed by atoms with Crippen LogP contribution in [-0.4, -0.2) is 18.8 Å². The molecule has 0 spiro atoms. The lowest BCUT2D eigenvalue weighted by Crippen LogP contribution is -2.15. The Labute approximate surface area is 437 Å². The summed E-state index contributed by atoms with van der Waals surface area (Å²) in [5.41, 5.74) is 56.5. The van der Waals surface area contributed by atoms with Crippen molar-refractivity contribution in [1.82, 2.24) is 18.8 Å². The maximum Gasteiger partial charge on any atom is 0.264 e. The summed E-state index contributed by atoms with van der Waals surface area (Å²) in [6, 6.07) is 41.4. The molecule has 78 heavy (non-hydrogen) atoms. The molecular formula is C60H40N12O6. The van der Waals surface area contributed by atoms with Crippen molar-refractivity contribution in [1.29, 1.82) is 0 Å². The lowest BCUT2D eigenvalue weighted by atomic mass is 9.84. The number of fused-ring (bicyclic) bond motifs is 10. The number of imidazole rings is 2. The Balaban J connectivity index is 1.26. The second-order valence-corrected chi connectivity index (χ2v) is 19.6. The Hall–Kier alpha value is -11.4. The number of nitrogen functional groups attached to an aromatic ring is 8. The Bertz CT molecular complexity index is 4850. The minimum absolute atomic E-state index is 0.171. The highest BCUT2D eigenvalue weighted by molar-refractivity contribution is 6.45. The van der Waals surface area contributed by atoms with Crippen molar-refractivity contribution in [3.8, 4) is 46.0 Å². The van der Waals surface area contributed by atoms with Crippen LogP contribution in [0.2, 0.25) is 0 Å². The van der Waals surface area contributed by atoms with Crippen LogP contribution in [-0.2, 0) is 0 Å². The summed E-state index contributed by atoms with van der Waals surface area (Å²) in [6.45, 7) is 0. The smallest absolute Gasteiger partial charge is 0.264 e. The number of pyridine rings is 2. The SMILES string of the molecule is Nc1cc(N)cc(Oc2cc3c(=O)n4c5ccccc5nc4c4cc(Oc5cc(N)cc(N)c5)c5c6c(Oc7cc(N)cc(N)c7)cc7c8c(cc(Oc9cc(N)cc(N)c9)c(c2c5c34)c68)c(=O)n2c3ccccc3nc72)c1. The standard InChI is InChI=1S/C60H40N12O6/c61-25-9-26(62)14-33(13-25)75-45-21-37-49-39(59(73)71-43-7-3-1-5-41(43)69-57(37)71)23-47(77-35-17-29(65)11-30(66)18-35)53-54-48(78-36-19-31(67)12-32(68)20-36)24-40-50-38(58-70-42-6-2-4-8-44(42)72(58)60(40)74)22-46(52(56(50)54)51(45)55(49)53)76-34-15-27(63)10-28(64)16-34/h1-24H,61-68H2. The van der Waals surface area contributed by atoms with Crippen molar-refractivity contribution in [2.75, 3.05) is 45.9 Å². The molecule has 0 fully saturated rings. The third kappa shape index (κ3) is 6.37. The molecule has 18 heteroatoms. The predicted octanol–water partition coefficient (Wildman–Crippen LogP) is 11.1. The summed E-state index contributed by atoms with van der Waals surface area (Å²) in [4.78, 5) is 41.5. The van der Waals surface area contributed by atoms with E-state index in [1.807, 2.05) is 60.7 Å². The van der Waals surface area contributed by atoms with Crippen LogP contribution in [0.5, 0.6) is 46.0 Å². The Morgan fingerprint density at radius 1 is 0.308 bits per heavy atom. The van der Waals surface area contributed by atoms with Gasteiger partial charge < -0.3 is 64.8 Å². The van der Waals surface area contributed by atoms with Crippen molar-refractivity contribution < 1.29 is 18.9 Å². The second-order valence-electron chi connectivity index (χ2n) is 19.6. The number of nitrogens with zero attached hydrogens (tertiary/aromatic N) is 4. The lowest BCUT2D eigenvalue weighted by molar-refractivity contribution is 0.484. The van der Waals surface area contributed by atoms with Gasteiger partial charge in [0.1, 0.15) is 57.3 Å². The molecule has 0 aliphatic rings. The van der Waals surface area contributed by atoms with E-state index >= 15 is 9.59 Å². The summed E-state index contributed by atoms with van der Waals surface area (Å²) in [7, 11) is 0. The van der Waals surface area contributed by atoms with Gasteiger partial charge in [-0.05, 0) is 72.8 Å². The van der Waals surface area contributed by atoms with E-state index in [2.05, 4.69) is 0 Å². The predicted molar refractivity (Wildman–Crippen MR) is 311 cm³/mol. The number of para-hydroxylation sites is 4. The van der Waals surface area contributed by atoms with Gasteiger partial charge in [0.15, 0.2) is 0 Å². The van der Waals surface area contributed by atoms with E-state index in [4.69, 9.17) is 74.8 Å². The van der Waals surface area contributed by atoms with Crippen molar-refractivity contribution >= 4 is 143 Å². The summed E-state index contributed by atoms with van der Waals surface area (Å²) >= 11 is 0. The highest BCUT2D eigenvalue weighted by Crippen LogP contribution is 2.58. The van der Waals surface area contributed by atoms with Crippen molar-refractivity contribution in [2.24, 2.45) is 0 Å². The molecule has 11 aromatic carbocycles. The Kier molecular flexibility index (Phi) is 8.81. The zero-order chi connectivity index (χ0) is 53.2. The highest BCUT2D eigenvalue weighted by atomic mass is 16.5. The quantitative estimate of drug-likeness (QED) is 0.0398. The minimum Gasteiger partial charge on any atom is -0.457 e. The van der Waals surface area contributed by atoms with Gasteiger partial charge in [-0.25, -0.2) is 9.97 Å². The third-order valence-electron chi connectivity index (χ3n) is 14.4. The first-order valence-corrected chi connectivity index (χ1v) is 24.5. The molecule has 0 aliphatic carbocycles. The monoisotopic (exact) mass is 1020 g/mol. The molecule has 0 unspecified atom stereocenters. The molecule has 16 N–H and O–H groups in total. The molecule has 376 valence electrons. The summed E-state index contributed by atoms with van der Waals surface area (Å²) in [5.74, 6) is 1.91. The fourth-order valence-corrected chi connectivity index (χ4v) is 11.6. The van der Waals surface area contributed by atoms with E-state index in [1.54, 1.807) is 93.7 Å². The molecule has 15 rings (SSSR count). The maximum atomic E-state index is 15.6. The number of hydrogen-bond donors (Lipinski definition) is 8. The van der Waals surface area contributed by atoms with Crippen LogP contribution in [0.3, 0.4) is 0 Å². The molecular weight excluding hydrogens is 985 g/mol. The molecule has 4 aromatic heterocycles. The fourth-order valence-electron chi connectivity index (χ4n) is 11.6. The molecule has 0 amide bonds. The zero-order valence-corrected chi connectivity index (χ0v) is 40.7.